The summed E-state index contributed by atoms with van der Waals surface area (Å²) in [5.74, 6) is 1.18. The normalized spacial score (nSPS) is 12.6. The van der Waals surface area contributed by atoms with E-state index < -0.39 is 11.9 Å². The lowest BCUT2D eigenvalue weighted by molar-refractivity contribution is -0.141. The monoisotopic (exact) mass is 421 g/mol. The van der Waals surface area contributed by atoms with E-state index >= 15 is 0 Å². The zero-order chi connectivity index (χ0) is 21.0. The van der Waals surface area contributed by atoms with E-state index in [2.05, 4.69) is 20.3 Å². The van der Waals surface area contributed by atoms with Gasteiger partial charge in [-0.15, -0.1) is 0 Å². The van der Waals surface area contributed by atoms with Crippen molar-refractivity contribution >= 4 is 23.2 Å². The summed E-state index contributed by atoms with van der Waals surface area (Å²) in [5, 5.41) is 3.61. The zero-order valence-corrected chi connectivity index (χ0v) is 16.3. The topological polar surface area (TPSA) is 76.7 Å². The highest BCUT2D eigenvalue weighted by Crippen LogP contribution is 2.28. The molecule has 0 aliphatic rings. The number of alkyl halides is 3. The molecule has 0 aliphatic carbocycles. The van der Waals surface area contributed by atoms with Gasteiger partial charge in [-0.2, -0.15) is 13.2 Å². The van der Waals surface area contributed by atoms with Crippen molar-refractivity contribution in [1.82, 2.24) is 15.0 Å². The third kappa shape index (κ3) is 5.57. The third-order valence-corrected chi connectivity index (χ3v) is 4.61. The fourth-order valence-electron chi connectivity index (χ4n) is 2.86. The van der Waals surface area contributed by atoms with Crippen LogP contribution in [0.2, 0.25) is 5.02 Å². The summed E-state index contributed by atoms with van der Waals surface area (Å²) in [6, 6.07) is 7.92. The van der Waals surface area contributed by atoms with Crippen LogP contribution in [0.15, 0.2) is 48.9 Å². The molecule has 3 aromatic rings. The first-order chi connectivity index (χ1) is 13.7. The van der Waals surface area contributed by atoms with Gasteiger partial charge in [0.2, 0.25) is 0 Å². The molecule has 0 bridgehead atoms. The van der Waals surface area contributed by atoms with Gasteiger partial charge in [-0.1, -0.05) is 30.7 Å². The molecule has 0 saturated heterocycles. The van der Waals surface area contributed by atoms with E-state index in [9.17, 15) is 13.2 Å². The Morgan fingerprint density at radius 1 is 1.03 bits per heavy atom. The molecular formula is C20H19ClF3N5. The predicted octanol–water partition coefficient (Wildman–Crippen LogP) is 5.08. The van der Waals surface area contributed by atoms with Crippen molar-refractivity contribution in [2.75, 3.05) is 11.1 Å². The second-order valence-electron chi connectivity index (χ2n) is 6.69. The van der Waals surface area contributed by atoms with Crippen molar-refractivity contribution in [1.29, 1.82) is 0 Å². The number of anilines is 2. The number of nitrogens with zero attached hydrogens (tertiary/aromatic N) is 3. The summed E-state index contributed by atoms with van der Waals surface area (Å²) in [4.78, 5) is 11.9. The van der Waals surface area contributed by atoms with Gasteiger partial charge in [0.15, 0.2) is 0 Å². The third-order valence-electron chi connectivity index (χ3n) is 4.40. The summed E-state index contributed by atoms with van der Waals surface area (Å²) in [6.45, 7) is 2.35. The molecule has 0 amide bonds. The highest BCUT2D eigenvalue weighted by molar-refractivity contribution is 6.30. The molecule has 3 N–H and O–H groups in total. The summed E-state index contributed by atoms with van der Waals surface area (Å²) >= 11 is 6.00. The van der Waals surface area contributed by atoms with Gasteiger partial charge in [0.1, 0.15) is 17.3 Å². The number of hydrogen-bond donors (Lipinski definition) is 2. The van der Waals surface area contributed by atoms with Crippen LogP contribution < -0.4 is 11.1 Å². The molecule has 9 heteroatoms. The summed E-state index contributed by atoms with van der Waals surface area (Å²) in [5.41, 5.74) is 7.55. The van der Waals surface area contributed by atoms with Crippen LogP contribution in [-0.2, 0) is 19.1 Å². The van der Waals surface area contributed by atoms with Crippen molar-refractivity contribution in [2.24, 2.45) is 0 Å². The molecule has 1 unspecified atom stereocenters. The van der Waals surface area contributed by atoms with Gasteiger partial charge in [-0.05, 0) is 47.2 Å². The molecule has 152 valence electrons. The maximum atomic E-state index is 12.5. The van der Waals surface area contributed by atoms with E-state index in [1.807, 2.05) is 25.1 Å². The van der Waals surface area contributed by atoms with Crippen LogP contribution in [0.1, 0.15) is 35.2 Å². The van der Waals surface area contributed by atoms with E-state index in [1.54, 1.807) is 6.20 Å². The van der Waals surface area contributed by atoms with Crippen molar-refractivity contribution in [3.8, 4) is 0 Å². The van der Waals surface area contributed by atoms with Crippen LogP contribution in [0.5, 0.6) is 0 Å². The van der Waals surface area contributed by atoms with Crippen LogP contribution >= 0.6 is 11.6 Å². The Kier molecular flexibility index (Phi) is 6.22. The van der Waals surface area contributed by atoms with E-state index in [0.29, 0.717) is 35.2 Å². The molecule has 0 radical (unpaired) electrons. The summed E-state index contributed by atoms with van der Waals surface area (Å²) in [7, 11) is 0. The first-order valence-corrected chi connectivity index (χ1v) is 9.22. The van der Waals surface area contributed by atoms with E-state index in [0.717, 1.165) is 17.2 Å². The molecule has 5 nitrogen and oxygen atoms in total. The highest BCUT2D eigenvalue weighted by atomic mass is 35.5. The fraction of sp³-hybridized carbons (Fsp3) is 0.250. The smallest absolute Gasteiger partial charge is 0.383 e. The first kappa shape index (κ1) is 20.9. The second-order valence-corrected chi connectivity index (χ2v) is 7.12. The molecule has 1 atom stereocenters. The van der Waals surface area contributed by atoms with Gasteiger partial charge in [0, 0.05) is 25.1 Å². The molecule has 0 spiro atoms. The Bertz CT molecular complexity index is 959. The molecule has 0 saturated carbocycles. The summed E-state index contributed by atoms with van der Waals surface area (Å²) < 4.78 is 37.6. The van der Waals surface area contributed by atoms with Crippen molar-refractivity contribution < 1.29 is 13.2 Å². The minimum atomic E-state index is -4.44. The largest absolute Gasteiger partial charge is 0.433 e. The number of nitrogen functional groups attached to an aromatic ring is 1. The van der Waals surface area contributed by atoms with Crippen molar-refractivity contribution in [3.63, 3.8) is 0 Å². The Labute approximate surface area is 171 Å². The van der Waals surface area contributed by atoms with Gasteiger partial charge in [0.25, 0.3) is 0 Å². The quantitative estimate of drug-likeness (QED) is 0.580. The average Bonchev–Trinajstić information content (AvgIpc) is 2.69. The van der Waals surface area contributed by atoms with Gasteiger partial charge in [0.05, 0.1) is 5.02 Å². The van der Waals surface area contributed by atoms with Crippen molar-refractivity contribution in [2.45, 2.75) is 32.0 Å². The van der Waals surface area contributed by atoms with Gasteiger partial charge < -0.3 is 11.1 Å². The SMILES string of the molecule is CC(Cc1ccc(NCc2ccc(C(F)(F)F)nc2)nc1)c1cc(Cl)cnc1N. The van der Waals surface area contributed by atoms with Gasteiger partial charge >= 0.3 is 6.18 Å². The molecule has 0 fully saturated rings. The number of pyridine rings is 3. The number of aromatic nitrogens is 3. The lowest BCUT2D eigenvalue weighted by Gasteiger charge is -2.14. The molecule has 3 rings (SSSR count). The minimum Gasteiger partial charge on any atom is -0.383 e. The lowest BCUT2D eigenvalue weighted by Crippen LogP contribution is -2.09. The van der Waals surface area contributed by atoms with E-state index in [-0.39, 0.29) is 5.92 Å². The van der Waals surface area contributed by atoms with Crippen molar-refractivity contribution in [3.05, 3.63) is 76.3 Å². The van der Waals surface area contributed by atoms with Crippen LogP contribution in [0.3, 0.4) is 0 Å². The lowest BCUT2D eigenvalue weighted by atomic mass is 9.95. The molecule has 0 aromatic carbocycles. The molecule has 3 aromatic heterocycles. The molecule has 0 aliphatic heterocycles. The maximum Gasteiger partial charge on any atom is 0.433 e. The van der Waals surface area contributed by atoms with Crippen LogP contribution in [0, 0.1) is 0 Å². The average molecular weight is 422 g/mol. The molecule has 29 heavy (non-hydrogen) atoms. The minimum absolute atomic E-state index is 0.111. The van der Waals surface area contributed by atoms with Crippen LogP contribution in [-0.4, -0.2) is 15.0 Å². The van der Waals surface area contributed by atoms with E-state index in [1.165, 1.54) is 18.5 Å². The number of halogens is 4. The maximum absolute atomic E-state index is 12.5. The van der Waals surface area contributed by atoms with Crippen LogP contribution in [0.25, 0.3) is 0 Å². The zero-order valence-electron chi connectivity index (χ0n) is 15.5. The second kappa shape index (κ2) is 8.65. The Morgan fingerprint density at radius 3 is 2.38 bits per heavy atom. The number of hydrogen-bond acceptors (Lipinski definition) is 5. The number of nitrogens with two attached hydrogens (primary N) is 1. The number of nitrogens with one attached hydrogen (secondary N) is 1. The standard InChI is InChI=1S/C20H19ClF3N5/c1-12(16-7-15(21)11-29-19(16)25)6-13-3-5-18(27-8-13)28-10-14-2-4-17(26-9-14)20(22,23)24/h2-5,7-9,11-12H,6,10H2,1H3,(H2,25,29)(H,27,28). The Hall–Kier alpha value is -2.87. The first-order valence-electron chi connectivity index (χ1n) is 8.84. The van der Waals surface area contributed by atoms with Crippen LogP contribution in [0.4, 0.5) is 24.8 Å². The van der Waals surface area contributed by atoms with Gasteiger partial charge in [-0.3, -0.25) is 4.98 Å². The highest BCUT2D eigenvalue weighted by Gasteiger charge is 2.31. The Balaban J connectivity index is 1.58. The summed E-state index contributed by atoms with van der Waals surface area (Å²) in [6.07, 6.45) is 0.739. The molecule has 3 heterocycles. The number of rotatable bonds is 6. The predicted molar refractivity (Wildman–Crippen MR) is 107 cm³/mol. The van der Waals surface area contributed by atoms with Gasteiger partial charge in [-0.25, -0.2) is 9.97 Å². The fourth-order valence-corrected chi connectivity index (χ4v) is 3.03. The van der Waals surface area contributed by atoms with E-state index in [4.69, 9.17) is 17.3 Å². The Morgan fingerprint density at radius 2 is 1.76 bits per heavy atom. The molecular weight excluding hydrogens is 403 g/mol.